The van der Waals surface area contributed by atoms with Crippen LogP contribution in [0.1, 0.15) is 0 Å². The summed E-state index contributed by atoms with van der Waals surface area (Å²) in [6.45, 7) is 0. The van der Waals surface area contributed by atoms with E-state index in [-0.39, 0.29) is 0 Å². The molecule has 2 heteroatoms. The van der Waals surface area contributed by atoms with Crippen LogP contribution in [0.5, 0.6) is 0 Å². The average molecular weight is 170 g/mol. The molecule has 0 bridgehead atoms. The van der Waals surface area contributed by atoms with Crippen molar-refractivity contribution in [1.82, 2.24) is 0 Å². The van der Waals surface area contributed by atoms with Crippen molar-refractivity contribution in [3.63, 3.8) is 0 Å². The van der Waals surface area contributed by atoms with E-state index in [1.807, 2.05) is 29.6 Å². The second-order valence-electron chi connectivity index (χ2n) is 1.86. The summed E-state index contributed by atoms with van der Waals surface area (Å²) in [5, 5.41) is 1.14. The Morgan fingerprint density at radius 2 is 1.90 bits per heavy atom. The molecule has 0 saturated carbocycles. The molecule has 1 rings (SSSR count). The number of thioether (sulfide) groups is 2. The summed E-state index contributed by atoms with van der Waals surface area (Å²) in [5.41, 5.74) is 0. The summed E-state index contributed by atoms with van der Waals surface area (Å²) in [6, 6.07) is 10.5. The zero-order valence-corrected chi connectivity index (χ0v) is 7.54. The lowest BCUT2D eigenvalue weighted by atomic mass is 10.4. The lowest BCUT2D eigenvalue weighted by molar-refractivity contribution is 1.47. The third-order valence-corrected chi connectivity index (χ3v) is 3.11. The molecular weight excluding hydrogens is 160 g/mol. The molecule has 0 aliphatic carbocycles. The minimum Gasteiger partial charge on any atom is -0.154 e. The van der Waals surface area contributed by atoms with Gasteiger partial charge in [0.15, 0.2) is 0 Å². The van der Waals surface area contributed by atoms with Crippen LogP contribution in [-0.2, 0) is 0 Å². The van der Waals surface area contributed by atoms with Crippen LogP contribution in [0, 0.1) is 0 Å². The third kappa shape index (κ3) is 2.67. The summed E-state index contributed by atoms with van der Waals surface area (Å²) in [7, 11) is 0. The fraction of sp³-hybridized carbons (Fsp3) is 0.250. The molecule has 0 aromatic heterocycles. The van der Waals surface area contributed by atoms with E-state index in [0.717, 1.165) is 5.08 Å². The van der Waals surface area contributed by atoms with Crippen molar-refractivity contribution in [3.05, 3.63) is 30.3 Å². The Hall–Kier alpha value is -0.0800. The van der Waals surface area contributed by atoms with E-state index < -0.39 is 0 Å². The molecule has 1 aromatic rings. The molecule has 0 heterocycles. The van der Waals surface area contributed by atoms with Crippen LogP contribution < -0.4 is 0 Å². The van der Waals surface area contributed by atoms with Gasteiger partial charge in [-0.25, -0.2) is 0 Å². The summed E-state index contributed by atoms with van der Waals surface area (Å²) < 4.78 is 0. The Morgan fingerprint density at radius 3 is 2.50 bits per heavy atom. The van der Waals surface area contributed by atoms with Crippen molar-refractivity contribution in [2.24, 2.45) is 0 Å². The van der Waals surface area contributed by atoms with Gasteiger partial charge in [0.2, 0.25) is 0 Å². The van der Waals surface area contributed by atoms with Gasteiger partial charge in [-0.1, -0.05) is 18.2 Å². The van der Waals surface area contributed by atoms with Gasteiger partial charge in [-0.2, -0.15) is 11.8 Å². The topological polar surface area (TPSA) is 0 Å². The first kappa shape index (κ1) is 8.02. The van der Waals surface area contributed by atoms with E-state index in [2.05, 4.69) is 30.5 Å². The molecule has 0 atom stereocenters. The van der Waals surface area contributed by atoms with Crippen LogP contribution in [0.4, 0.5) is 0 Å². The van der Waals surface area contributed by atoms with Crippen LogP contribution >= 0.6 is 23.5 Å². The molecule has 0 amide bonds. The molecule has 0 nitrogen and oxygen atoms in total. The van der Waals surface area contributed by atoms with Crippen molar-refractivity contribution in [1.29, 1.82) is 0 Å². The molecule has 54 valence electrons. The summed E-state index contributed by atoms with van der Waals surface area (Å²) in [6.07, 6.45) is 2.12. The SMILES string of the molecule is CSCSc1ccccc1. The molecule has 0 fully saturated rings. The molecule has 0 aliphatic heterocycles. The Balaban J connectivity index is 2.43. The Morgan fingerprint density at radius 1 is 1.20 bits per heavy atom. The summed E-state index contributed by atoms with van der Waals surface area (Å²) in [4.78, 5) is 1.36. The fourth-order valence-electron chi connectivity index (χ4n) is 0.644. The number of benzene rings is 1. The minimum atomic E-state index is 1.14. The van der Waals surface area contributed by atoms with Gasteiger partial charge in [-0.15, -0.1) is 11.8 Å². The van der Waals surface area contributed by atoms with E-state index in [0.29, 0.717) is 0 Å². The van der Waals surface area contributed by atoms with Gasteiger partial charge in [-0.3, -0.25) is 0 Å². The van der Waals surface area contributed by atoms with Crippen molar-refractivity contribution in [3.8, 4) is 0 Å². The highest BCUT2D eigenvalue weighted by Crippen LogP contribution is 2.20. The van der Waals surface area contributed by atoms with Gasteiger partial charge in [0.05, 0.1) is 0 Å². The Labute approximate surface area is 70.4 Å². The summed E-state index contributed by atoms with van der Waals surface area (Å²) in [5.74, 6) is 0. The first-order valence-corrected chi connectivity index (χ1v) is 5.48. The molecule has 0 aliphatic rings. The monoisotopic (exact) mass is 170 g/mol. The van der Waals surface area contributed by atoms with Crippen LogP contribution in [-0.4, -0.2) is 11.3 Å². The van der Waals surface area contributed by atoms with Crippen LogP contribution in [0.3, 0.4) is 0 Å². The highest BCUT2D eigenvalue weighted by Gasteiger charge is 1.87. The average Bonchev–Trinajstić information content (AvgIpc) is 2.03. The largest absolute Gasteiger partial charge is 0.154 e. The van der Waals surface area contributed by atoms with E-state index >= 15 is 0 Å². The van der Waals surface area contributed by atoms with Crippen LogP contribution in [0.25, 0.3) is 0 Å². The maximum Gasteiger partial charge on any atom is 0.0436 e. The Bertz CT molecular complexity index is 172. The van der Waals surface area contributed by atoms with E-state index in [9.17, 15) is 0 Å². The van der Waals surface area contributed by atoms with Crippen LogP contribution in [0.2, 0.25) is 0 Å². The summed E-state index contributed by atoms with van der Waals surface area (Å²) >= 11 is 3.74. The van der Waals surface area contributed by atoms with Gasteiger partial charge >= 0.3 is 0 Å². The van der Waals surface area contributed by atoms with Gasteiger partial charge in [-0.05, 0) is 18.4 Å². The van der Waals surface area contributed by atoms with Crippen molar-refractivity contribution in [2.75, 3.05) is 11.3 Å². The second-order valence-corrected chi connectivity index (χ2v) is 4.14. The highest BCUT2D eigenvalue weighted by atomic mass is 32.2. The molecule has 0 spiro atoms. The van der Waals surface area contributed by atoms with Gasteiger partial charge in [0, 0.05) is 9.98 Å². The predicted octanol–water partition coefficient (Wildman–Crippen LogP) is 3.10. The molecule has 0 N–H and O–H groups in total. The van der Waals surface area contributed by atoms with Gasteiger partial charge in [0.25, 0.3) is 0 Å². The maximum absolute atomic E-state index is 2.14. The molecule has 10 heavy (non-hydrogen) atoms. The molecule has 0 saturated heterocycles. The zero-order valence-electron chi connectivity index (χ0n) is 5.91. The van der Waals surface area contributed by atoms with Gasteiger partial charge < -0.3 is 0 Å². The van der Waals surface area contributed by atoms with E-state index in [4.69, 9.17) is 0 Å². The molecule has 0 radical (unpaired) electrons. The predicted molar refractivity (Wildman–Crippen MR) is 50.7 cm³/mol. The van der Waals surface area contributed by atoms with Gasteiger partial charge in [0.1, 0.15) is 0 Å². The van der Waals surface area contributed by atoms with E-state index in [1.165, 1.54) is 4.90 Å². The third-order valence-electron chi connectivity index (χ3n) is 1.09. The smallest absolute Gasteiger partial charge is 0.0436 e. The van der Waals surface area contributed by atoms with Crippen molar-refractivity contribution in [2.45, 2.75) is 4.90 Å². The van der Waals surface area contributed by atoms with Crippen molar-refractivity contribution >= 4 is 23.5 Å². The number of rotatable bonds is 3. The quantitative estimate of drug-likeness (QED) is 0.505. The van der Waals surface area contributed by atoms with E-state index in [1.54, 1.807) is 0 Å². The standard InChI is InChI=1S/C8H10S2/c1-9-7-10-8-5-3-2-4-6-8/h2-6H,7H2,1H3. The zero-order chi connectivity index (χ0) is 7.23. The Kier molecular flexibility index (Phi) is 3.76. The van der Waals surface area contributed by atoms with Crippen molar-refractivity contribution < 1.29 is 0 Å². The maximum atomic E-state index is 2.14. The normalized spacial score (nSPS) is 9.70. The van der Waals surface area contributed by atoms with Crippen LogP contribution in [0.15, 0.2) is 35.2 Å². The minimum absolute atomic E-state index is 1.14. The fourth-order valence-corrected chi connectivity index (χ4v) is 2.01. The number of hydrogen-bond donors (Lipinski definition) is 0. The second kappa shape index (κ2) is 4.69. The molecule has 0 unspecified atom stereocenters. The molecular formula is C8H10S2. The first-order chi connectivity index (χ1) is 4.93. The number of hydrogen-bond acceptors (Lipinski definition) is 2. The lowest BCUT2D eigenvalue weighted by Crippen LogP contribution is -1.69. The first-order valence-electron chi connectivity index (χ1n) is 3.10. The molecule has 1 aromatic carbocycles. The highest BCUT2D eigenvalue weighted by molar-refractivity contribution is 8.15. The lowest BCUT2D eigenvalue weighted by Gasteiger charge is -1.96.